The Morgan fingerprint density at radius 3 is 1.63 bits per heavy atom. The van der Waals surface area contributed by atoms with Gasteiger partial charge in [-0.2, -0.15) is 0 Å². The van der Waals surface area contributed by atoms with Gasteiger partial charge in [-0.1, -0.05) is 71.9 Å². The van der Waals surface area contributed by atoms with Crippen LogP contribution in [0.25, 0.3) is 0 Å². The molecule has 0 saturated carbocycles. The van der Waals surface area contributed by atoms with E-state index >= 15 is 0 Å². The maximum Gasteiger partial charge on any atom is 0.317 e. The van der Waals surface area contributed by atoms with Crippen LogP contribution in [0.15, 0.2) is 42.5 Å². The van der Waals surface area contributed by atoms with Crippen molar-refractivity contribution >= 4 is 11.9 Å². The molecule has 162 valence electrons. The third kappa shape index (κ3) is 6.61. The van der Waals surface area contributed by atoms with Crippen molar-refractivity contribution in [1.29, 1.82) is 0 Å². The van der Waals surface area contributed by atoms with E-state index in [1.54, 1.807) is 0 Å². The molecule has 0 aliphatic heterocycles. The van der Waals surface area contributed by atoms with E-state index in [-0.39, 0.29) is 29.8 Å². The van der Waals surface area contributed by atoms with Crippen LogP contribution in [-0.4, -0.2) is 17.0 Å². The molecule has 1 N–H and O–H groups in total. The van der Waals surface area contributed by atoms with E-state index in [9.17, 15) is 14.7 Å². The van der Waals surface area contributed by atoms with Crippen LogP contribution in [0.4, 0.5) is 0 Å². The van der Waals surface area contributed by atoms with Gasteiger partial charge in [0.05, 0.1) is 0 Å². The molecule has 0 atom stereocenters. The van der Waals surface area contributed by atoms with Crippen LogP contribution >= 0.6 is 0 Å². The number of phenolic OH excluding ortho intramolecular Hbond substituents is 1. The maximum absolute atomic E-state index is 12.1. The third-order valence-electron chi connectivity index (χ3n) is 4.72. The summed E-state index contributed by atoms with van der Waals surface area (Å²) in [7, 11) is 0. The standard InChI is InChI=1S/C25H32O5/c1-24(2,3)19-12-18(13-20(23(19)28)25(4,5)6)16-30-22(27)14-21(26)29-15-17-10-8-7-9-11-17/h7-13,28H,14-16H2,1-6H3. The van der Waals surface area contributed by atoms with Crippen molar-refractivity contribution in [1.82, 2.24) is 0 Å². The summed E-state index contributed by atoms with van der Waals surface area (Å²) in [6.07, 6.45) is -0.441. The monoisotopic (exact) mass is 412 g/mol. The minimum Gasteiger partial charge on any atom is -0.507 e. The molecule has 0 fully saturated rings. The lowest BCUT2D eigenvalue weighted by molar-refractivity contribution is -0.156. The van der Waals surface area contributed by atoms with E-state index in [0.717, 1.165) is 22.3 Å². The lowest BCUT2D eigenvalue weighted by Gasteiger charge is -2.28. The molecule has 0 heterocycles. The number of ether oxygens (including phenoxy) is 2. The average molecular weight is 413 g/mol. The summed E-state index contributed by atoms with van der Waals surface area (Å²) < 4.78 is 10.4. The Bertz CT molecular complexity index is 851. The number of esters is 2. The first kappa shape index (κ1) is 23.5. The molecule has 0 saturated heterocycles. The predicted octanol–water partition coefficient (Wildman–Crippen LogP) is 5.16. The number of phenols is 1. The highest BCUT2D eigenvalue weighted by Crippen LogP contribution is 2.39. The molecular weight excluding hydrogens is 380 g/mol. The summed E-state index contributed by atoms with van der Waals surface area (Å²) in [6.45, 7) is 12.3. The van der Waals surface area contributed by atoms with Crippen molar-refractivity contribution < 1.29 is 24.2 Å². The van der Waals surface area contributed by atoms with Crippen LogP contribution in [0.3, 0.4) is 0 Å². The van der Waals surface area contributed by atoms with Crippen LogP contribution in [0.5, 0.6) is 5.75 Å². The van der Waals surface area contributed by atoms with Gasteiger partial charge in [0, 0.05) is 0 Å². The molecule has 2 aromatic carbocycles. The summed E-state index contributed by atoms with van der Waals surface area (Å²) in [6, 6.07) is 13.0. The number of hydrogen-bond donors (Lipinski definition) is 1. The average Bonchev–Trinajstić information content (AvgIpc) is 2.64. The molecule has 30 heavy (non-hydrogen) atoms. The summed E-state index contributed by atoms with van der Waals surface area (Å²) >= 11 is 0. The van der Waals surface area contributed by atoms with E-state index in [1.807, 2.05) is 84.0 Å². The zero-order chi connectivity index (χ0) is 22.5. The Morgan fingerprint density at radius 2 is 1.20 bits per heavy atom. The smallest absolute Gasteiger partial charge is 0.317 e. The number of rotatable bonds is 6. The van der Waals surface area contributed by atoms with E-state index < -0.39 is 18.4 Å². The number of hydrogen-bond acceptors (Lipinski definition) is 5. The molecule has 0 bridgehead atoms. The minimum atomic E-state index is -0.643. The van der Waals surface area contributed by atoms with E-state index in [1.165, 1.54) is 0 Å². The van der Waals surface area contributed by atoms with Crippen molar-refractivity contribution in [3.05, 3.63) is 64.7 Å². The minimum absolute atomic E-state index is 0.0250. The van der Waals surface area contributed by atoms with E-state index in [2.05, 4.69) is 0 Å². The van der Waals surface area contributed by atoms with Gasteiger partial charge < -0.3 is 14.6 Å². The Morgan fingerprint density at radius 1 is 0.767 bits per heavy atom. The lowest BCUT2D eigenvalue weighted by Crippen LogP contribution is -2.18. The molecule has 5 heteroatoms. The SMILES string of the molecule is CC(C)(C)c1cc(COC(=O)CC(=O)OCc2ccccc2)cc(C(C)(C)C)c1O. The van der Waals surface area contributed by atoms with E-state index in [0.29, 0.717) is 0 Å². The molecular formula is C25H32O5. The molecule has 0 aliphatic rings. The van der Waals surface area contributed by atoms with Crippen LogP contribution in [0, 0.1) is 0 Å². The van der Waals surface area contributed by atoms with Crippen LogP contribution in [0.2, 0.25) is 0 Å². The highest BCUT2D eigenvalue weighted by atomic mass is 16.6. The van der Waals surface area contributed by atoms with Gasteiger partial charge in [-0.15, -0.1) is 0 Å². The maximum atomic E-state index is 12.1. The first-order valence-electron chi connectivity index (χ1n) is 10.1. The van der Waals surface area contributed by atoms with Crippen molar-refractivity contribution in [3.63, 3.8) is 0 Å². The van der Waals surface area contributed by atoms with Gasteiger partial charge in [-0.25, -0.2) is 0 Å². The van der Waals surface area contributed by atoms with Gasteiger partial charge >= 0.3 is 11.9 Å². The molecule has 0 aromatic heterocycles. The normalized spacial score (nSPS) is 11.8. The molecule has 0 radical (unpaired) electrons. The van der Waals surface area contributed by atoms with Crippen molar-refractivity contribution in [2.24, 2.45) is 0 Å². The Labute approximate surface area is 179 Å². The molecule has 0 aliphatic carbocycles. The van der Waals surface area contributed by atoms with Crippen LogP contribution in [0.1, 0.15) is 70.2 Å². The van der Waals surface area contributed by atoms with Gasteiger partial charge in [-0.05, 0) is 45.2 Å². The largest absolute Gasteiger partial charge is 0.507 e. The van der Waals surface area contributed by atoms with Gasteiger partial charge in [0.2, 0.25) is 0 Å². The number of benzene rings is 2. The summed E-state index contributed by atoms with van der Waals surface area (Å²) in [4.78, 5) is 24.0. The zero-order valence-corrected chi connectivity index (χ0v) is 18.7. The second-order valence-electron chi connectivity index (χ2n) is 9.52. The molecule has 0 spiro atoms. The number of carbonyl (C=O) groups excluding carboxylic acids is 2. The summed E-state index contributed by atoms with van der Waals surface area (Å²) in [5.41, 5.74) is 2.67. The molecule has 5 nitrogen and oxygen atoms in total. The molecule has 2 rings (SSSR count). The summed E-state index contributed by atoms with van der Waals surface area (Å²) in [5, 5.41) is 10.8. The Balaban J connectivity index is 2.02. The van der Waals surface area contributed by atoms with Gasteiger partial charge in [0.15, 0.2) is 0 Å². The van der Waals surface area contributed by atoms with Crippen molar-refractivity contribution in [2.75, 3.05) is 0 Å². The first-order valence-corrected chi connectivity index (χ1v) is 10.1. The molecule has 2 aromatic rings. The highest BCUT2D eigenvalue weighted by molar-refractivity contribution is 5.91. The molecule has 0 unspecified atom stereocenters. The van der Waals surface area contributed by atoms with Gasteiger partial charge in [0.1, 0.15) is 25.4 Å². The summed E-state index contributed by atoms with van der Waals surface area (Å²) in [5.74, 6) is -0.995. The second-order valence-corrected chi connectivity index (χ2v) is 9.52. The Hall–Kier alpha value is -2.82. The van der Waals surface area contributed by atoms with Gasteiger partial charge in [0.25, 0.3) is 0 Å². The lowest BCUT2D eigenvalue weighted by atomic mass is 9.78. The first-order chi connectivity index (χ1) is 13.9. The molecule has 0 amide bonds. The van der Waals surface area contributed by atoms with E-state index in [4.69, 9.17) is 9.47 Å². The van der Waals surface area contributed by atoms with Crippen LogP contribution < -0.4 is 0 Å². The number of carbonyl (C=O) groups is 2. The Kier molecular flexibility index (Phi) is 7.30. The third-order valence-corrected chi connectivity index (χ3v) is 4.72. The predicted molar refractivity (Wildman–Crippen MR) is 116 cm³/mol. The van der Waals surface area contributed by atoms with Crippen LogP contribution in [-0.2, 0) is 43.1 Å². The van der Waals surface area contributed by atoms with Crippen molar-refractivity contribution in [3.8, 4) is 5.75 Å². The fraction of sp³-hybridized carbons (Fsp3) is 0.440. The highest BCUT2D eigenvalue weighted by Gasteiger charge is 2.26. The second kappa shape index (κ2) is 9.33. The topological polar surface area (TPSA) is 72.8 Å². The zero-order valence-electron chi connectivity index (χ0n) is 18.7. The van der Waals surface area contributed by atoms with Crippen molar-refractivity contribution in [2.45, 2.75) is 72.0 Å². The fourth-order valence-electron chi connectivity index (χ4n) is 3.04. The number of aromatic hydroxyl groups is 1. The fourth-order valence-corrected chi connectivity index (χ4v) is 3.04. The quantitative estimate of drug-likeness (QED) is 0.524. The van der Waals surface area contributed by atoms with Gasteiger partial charge in [-0.3, -0.25) is 9.59 Å².